The molecule has 5 rings (SSSR count). The van der Waals surface area contributed by atoms with Gasteiger partial charge < -0.3 is 10.2 Å². The number of aromatic nitrogens is 3. The van der Waals surface area contributed by atoms with Crippen molar-refractivity contribution in [1.29, 1.82) is 0 Å². The second-order valence-electron chi connectivity index (χ2n) is 8.35. The normalized spacial score (nSPS) is 19.4. The second-order valence-corrected chi connectivity index (χ2v) is 8.35. The Balaban J connectivity index is 1.44. The summed E-state index contributed by atoms with van der Waals surface area (Å²) in [6.07, 6.45) is 5.90. The number of rotatable bonds is 3. The van der Waals surface area contributed by atoms with Crippen LogP contribution in [0.4, 0.5) is 5.69 Å². The van der Waals surface area contributed by atoms with Crippen LogP contribution in [-0.4, -0.2) is 39.8 Å². The molecule has 2 atom stereocenters. The van der Waals surface area contributed by atoms with E-state index in [0.717, 1.165) is 41.0 Å². The summed E-state index contributed by atoms with van der Waals surface area (Å²) in [4.78, 5) is 7.24. The molecule has 0 radical (unpaired) electrons. The highest BCUT2D eigenvalue weighted by atomic mass is 15.2. The first kappa shape index (κ1) is 18.8. The molecule has 0 spiro atoms. The van der Waals surface area contributed by atoms with Crippen molar-refractivity contribution in [3.8, 4) is 22.3 Å². The van der Waals surface area contributed by atoms with Gasteiger partial charge in [-0.25, -0.2) is 9.50 Å². The smallest absolute Gasteiger partial charge is 0.162 e. The Morgan fingerprint density at radius 2 is 1.50 bits per heavy atom. The zero-order valence-electron chi connectivity index (χ0n) is 17.7. The van der Waals surface area contributed by atoms with E-state index in [9.17, 15) is 0 Å². The number of nitrogens with one attached hydrogen (secondary N) is 1. The molecule has 2 aromatic carbocycles. The zero-order valence-corrected chi connectivity index (χ0v) is 17.7. The molecule has 0 saturated carbocycles. The summed E-state index contributed by atoms with van der Waals surface area (Å²) < 4.78 is 1.87. The third-order valence-electron chi connectivity index (χ3n) is 6.05. The molecule has 0 amide bonds. The molecule has 1 aliphatic rings. The van der Waals surface area contributed by atoms with E-state index < -0.39 is 0 Å². The Labute approximate surface area is 177 Å². The van der Waals surface area contributed by atoms with E-state index >= 15 is 0 Å². The topological polar surface area (TPSA) is 45.5 Å². The Hall–Kier alpha value is -3.18. The van der Waals surface area contributed by atoms with Crippen LogP contribution in [0.15, 0.2) is 67.1 Å². The van der Waals surface area contributed by atoms with Crippen LogP contribution in [0.3, 0.4) is 0 Å². The summed E-state index contributed by atoms with van der Waals surface area (Å²) in [5.74, 6) is 0. The van der Waals surface area contributed by atoms with Gasteiger partial charge in [-0.1, -0.05) is 42.0 Å². The van der Waals surface area contributed by atoms with Crippen molar-refractivity contribution in [1.82, 2.24) is 19.9 Å². The van der Waals surface area contributed by atoms with Crippen LogP contribution < -0.4 is 10.2 Å². The van der Waals surface area contributed by atoms with Gasteiger partial charge in [-0.05, 0) is 44.0 Å². The second kappa shape index (κ2) is 7.58. The summed E-state index contributed by atoms with van der Waals surface area (Å²) in [5.41, 5.74) is 7.80. The molecule has 1 saturated heterocycles. The van der Waals surface area contributed by atoms with Crippen molar-refractivity contribution in [2.45, 2.75) is 32.9 Å². The standard InChI is InChI=1S/C25H27N5/c1-17-4-6-21(7-5-17)24-15-28-29-16-22(14-27-25(24)29)20-8-10-23(11-9-20)30-18(2)12-26-13-19(30)3/h4-11,14-16,18-19,26H,12-13H2,1-3H3/t18-,19+. The van der Waals surface area contributed by atoms with E-state index in [1.54, 1.807) is 0 Å². The lowest BCUT2D eigenvalue weighted by molar-refractivity contribution is 0.432. The maximum Gasteiger partial charge on any atom is 0.162 e. The third-order valence-corrected chi connectivity index (χ3v) is 6.05. The van der Waals surface area contributed by atoms with Crippen LogP contribution in [0.2, 0.25) is 0 Å². The molecule has 0 bridgehead atoms. The molecule has 1 N–H and O–H groups in total. The first-order valence-corrected chi connectivity index (χ1v) is 10.6. The fourth-order valence-electron chi connectivity index (χ4n) is 4.43. The van der Waals surface area contributed by atoms with Crippen molar-refractivity contribution in [3.63, 3.8) is 0 Å². The van der Waals surface area contributed by atoms with Gasteiger partial charge in [-0.15, -0.1) is 0 Å². The Morgan fingerprint density at radius 3 is 2.20 bits per heavy atom. The summed E-state index contributed by atoms with van der Waals surface area (Å²) in [5, 5.41) is 8.05. The van der Waals surface area contributed by atoms with Crippen LogP contribution in [0, 0.1) is 6.92 Å². The predicted octanol–water partition coefficient (Wildman–Crippen LogP) is 4.56. The zero-order chi connectivity index (χ0) is 20.7. The lowest BCUT2D eigenvalue weighted by Crippen LogP contribution is -2.55. The lowest BCUT2D eigenvalue weighted by Gasteiger charge is -2.41. The maximum atomic E-state index is 4.73. The minimum absolute atomic E-state index is 0.488. The van der Waals surface area contributed by atoms with Gasteiger partial charge >= 0.3 is 0 Å². The fourth-order valence-corrected chi connectivity index (χ4v) is 4.43. The van der Waals surface area contributed by atoms with E-state index in [1.807, 2.05) is 16.9 Å². The van der Waals surface area contributed by atoms with Crippen molar-refractivity contribution < 1.29 is 0 Å². The van der Waals surface area contributed by atoms with Gasteiger partial charge in [0.1, 0.15) is 0 Å². The van der Waals surface area contributed by atoms with Gasteiger partial charge in [0.2, 0.25) is 0 Å². The molecule has 30 heavy (non-hydrogen) atoms. The van der Waals surface area contributed by atoms with Crippen molar-refractivity contribution >= 4 is 11.3 Å². The molecule has 0 unspecified atom stereocenters. The van der Waals surface area contributed by atoms with Gasteiger partial charge in [-0.3, -0.25) is 0 Å². The number of nitrogens with zero attached hydrogens (tertiary/aromatic N) is 4. The van der Waals surface area contributed by atoms with Crippen molar-refractivity contribution in [3.05, 3.63) is 72.7 Å². The molecule has 2 aromatic heterocycles. The first-order valence-electron chi connectivity index (χ1n) is 10.6. The monoisotopic (exact) mass is 397 g/mol. The van der Waals surface area contributed by atoms with Crippen molar-refractivity contribution in [2.75, 3.05) is 18.0 Å². The summed E-state index contributed by atoms with van der Waals surface area (Å²) in [7, 11) is 0. The molecule has 3 heterocycles. The maximum absolute atomic E-state index is 4.73. The van der Waals surface area contributed by atoms with Gasteiger partial charge in [-0.2, -0.15) is 5.10 Å². The number of hydrogen-bond acceptors (Lipinski definition) is 4. The average molecular weight is 398 g/mol. The average Bonchev–Trinajstić information content (AvgIpc) is 3.18. The highest BCUT2D eigenvalue weighted by Gasteiger charge is 2.24. The lowest BCUT2D eigenvalue weighted by atomic mass is 10.0. The summed E-state index contributed by atoms with van der Waals surface area (Å²) >= 11 is 0. The van der Waals surface area contributed by atoms with Crippen LogP contribution in [0.25, 0.3) is 27.9 Å². The minimum atomic E-state index is 0.488. The van der Waals surface area contributed by atoms with Gasteiger partial charge in [0.25, 0.3) is 0 Å². The third kappa shape index (κ3) is 3.35. The predicted molar refractivity (Wildman–Crippen MR) is 123 cm³/mol. The van der Waals surface area contributed by atoms with Crippen LogP contribution in [0.1, 0.15) is 19.4 Å². The number of fused-ring (bicyclic) bond motifs is 1. The molecule has 1 fully saturated rings. The number of piperazine rings is 1. The van der Waals surface area contributed by atoms with Gasteiger partial charge in [0, 0.05) is 54.4 Å². The highest BCUT2D eigenvalue weighted by molar-refractivity contribution is 5.78. The number of anilines is 1. The molecular formula is C25H27N5. The summed E-state index contributed by atoms with van der Waals surface area (Å²) in [6, 6.07) is 18.3. The number of hydrogen-bond donors (Lipinski definition) is 1. The largest absolute Gasteiger partial charge is 0.364 e. The van der Waals surface area contributed by atoms with Gasteiger partial charge in [0.15, 0.2) is 5.65 Å². The van der Waals surface area contributed by atoms with Crippen LogP contribution >= 0.6 is 0 Å². The Bertz CT molecular complexity index is 1150. The minimum Gasteiger partial charge on any atom is -0.364 e. The Kier molecular flexibility index (Phi) is 4.75. The quantitative estimate of drug-likeness (QED) is 0.551. The SMILES string of the molecule is Cc1ccc(-c2cnn3cc(-c4ccc(N5[C@H](C)CNC[C@@H]5C)cc4)cnc23)cc1. The van der Waals surface area contributed by atoms with Crippen LogP contribution in [0.5, 0.6) is 0 Å². The van der Waals surface area contributed by atoms with E-state index in [2.05, 4.69) is 90.8 Å². The fraction of sp³-hybridized carbons (Fsp3) is 0.280. The van der Waals surface area contributed by atoms with E-state index in [4.69, 9.17) is 4.98 Å². The van der Waals surface area contributed by atoms with Crippen LogP contribution in [-0.2, 0) is 0 Å². The molecule has 5 nitrogen and oxygen atoms in total. The number of benzene rings is 2. The van der Waals surface area contributed by atoms with E-state index in [-0.39, 0.29) is 0 Å². The molecule has 1 aliphatic heterocycles. The molecule has 4 aromatic rings. The van der Waals surface area contributed by atoms with E-state index in [1.165, 1.54) is 11.3 Å². The molecule has 5 heteroatoms. The first-order chi connectivity index (χ1) is 14.6. The molecule has 0 aliphatic carbocycles. The number of aryl methyl sites for hydroxylation is 1. The Morgan fingerprint density at radius 1 is 0.833 bits per heavy atom. The van der Waals surface area contributed by atoms with Gasteiger partial charge in [0.05, 0.1) is 6.20 Å². The highest BCUT2D eigenvalue weighted by Crippen LogP contribution is 2.28. The molecule has 152 valence electrons. The van der Waals surface area contributed by atoms with E-state index in [0.29, 0.717) is 12.1 Å². The summed E-state index contributed by atoms with van der Waals surface area (Å²) in [6.45, 7) is 8.69. The van der Waals surface area contributed by atoms with Crippen molar-refractivity contribution in [2.24, 2.45) is 0 Å². The molecular weight excluding hydrogens is 370 g/mol.